The van der Waals surface area contributed by atoms with E-state index in [9.17, 15) is 8.78 Å². The molecule has 0 radical (unpaired) electrons. The lowest BCUT2D eigenvalue weighted by Gasteiger charge is -2.46. The number of nitrogens with one attached hydrogen (secondary N) is 1. The Hall–Kier alpha value is -1.53. The highest BCUT2D eigenvalue weighted by Gasteiger charge is 2.35. The van der Waals surface area contributed by atoms with Crippen molar-refractivity contribution in [2.75, 3.05) is 24.5 Å². The highest BCUT2D eigenvalue weighted by Crippen LogP contribution is 2.27. The molecule has 2 atom stereocenters. The number of fused-ring (bicyclic) bond motifs is 2. The van der Waals surface area contributed by atoms with Crippen LogP contribution in [0.1, 0.15) is 6.42 Å². The Bertz CT molecular complexity index is 681. The zero-order valence-corrected chi connectivity index (χ0v) is 12.0. The second kappa shape index (κ2) is 5.35. The van der Waals surface area contributed by atoms with Crippen molar-refractivity contribution in [1.82, 2.24) is 15.3 Å². The first kappa shape index (κ1) is 14.4. The van der Waals surface area contributed by atoms with E-state index in [1.807, 2.05) is 0 Å². The topological polar surface area (TPSA) is 41.1 Å². The van der Waals surface area contributed by atoms with Crippen molar-refractivity contribution in [1.29, 1.82) is 0 Å². The van der Waals surface area contributed by atoms with Gasteiger partial charge in [-0.15, -0.1) is 12.4 Å². The van der Waals surface area contributed by atoms with Crippen LogP contribution in [0.4, 0.5) is 14.6 Å². The monoisotopic (exact) mass is 312 g/mol. The SMILES string of the molecule is Cl.Fc1ccc2nc(N3CC[C@@H]4CN[C@@H]4C3)cnc2c1F. The van der Waals surface area contributed by atoms with Crippen molar-refractivity contribution in [2.24, 2.45) is 5.92 Å². The number of benzene rings is 1. The molecule has 0 amide bonds. The number of rotatable bonds is 1. The van der Waals surface area contributed by atoms with Gasteiger partial charge in [0.2, 0.25) is 0 Å². The molecule has 112 valence electrons. The standard InChI is InChI=1S/C14H14F2N4.ClH/c15-9-1-2-10-14(13(9)16)18-6-12(19-10)20-4-3-8-5-17-11(8)7-20;/h1-2,6,8,11,17H,3-5,7H2;1H/t8-,11-;/m1./s1. The van der Waals surface area contributed by atoms with Crippen LogP contribution in [0.25, 0.3) is 11.0 Å². The van der Waals surface area contributed by atoms with Crippen LogP contribution in [0, 0.1) is 17.6 Å². The second-order valence-corrected chi connectivity index (χ2v) is 5.47. The van der Waals surface area contributed by atoms with Crippen LogP contribution in [-0.2, 0) is 0 Å². The molecule has 1 N–H and O–H groups in total. The van der Waals surface area contributed by atoms with Crippen molar-refractivity contribution in [3.8, 4) is 0 Å². The maximum Gasteiger partial charge on any atom is 0.186 e. The summed E-state index contributed by atoms with van der Waals surface area (Å²) in [7, 11) is 0. The minimum Gasteiger partial charge on any atom is -0.354 e. The van der Waals surface area contributed by atoms with Gasteiger partial charge in [0.05, 0.1) is 11.7 Å². The molecule has 4 nitrogen and oxygen atoms in total. The molecule has 2 saturated heterocycles. The van der Waals surface area contributed by atoms with Crippen molar-refractivity contribution in [3.05, 3.63) is 30.0 Å². The maximum atomic E-state index is 13.6. The van der Waals surface area contributed by atoms with Gasteiger partial charge in [0.1, 0.15) is 11.3 Å². The molecule has 7 heteroatoms. The molecule has 0 unspecified atom stereocenters. The molecular weight excluding hydrogens is 298 g/mol. The molecule has 0 saturated carbocycles. The van der Waals surface area contributed by atoms with Gasteiger partial charge in [-0.3, -0.25) is 0 Å². The lowest BCUT2D eigenvalue weighted by molar-refractivity contribution is 0.196. The Morgan fingerprint density at radius 3 is 2.86 bits per heavy atom. The normalized spacial score (nSPS) is 24.2. The van der Waals surface area contributed by atoms with Crippen molar-refractivity contribution >= 4 is 29.3 Å². The van der Waals surface area contributed by atoms with Crippen LogP contribution >= 0.6 is 12.4 Å². The van der Waals surface area contributed by atoms with Gasteiger partial charge in [0.15, 0.2) is 11.6 Å². The summed E-state index contributed by atoms with van der Waals surface area (Å²) in [6, 6.07) is 3.08. The van der Waals surface area contributed by atoms with Crippen LogP contribution in [0.15, 0.2) is 18.3 Å². The summed E-state index contributed by atoms with van der Waals surface area (Å²) in [6.07, 6.45) is 2.67. The summed E-state index contributed by atoms with van der Waals surface area (Å²) in [5, 5.41) is 3.40. The summed E-state index contributed by atoms with van der Waals surface area (Å²) in [5.41, 5.74) is 0.385. The van der Waals surface area contributed by atoms with Gasteiger partial charge in [-0.2, -0.15) is 0 Å². The molecule has 1 aromatic carbocycles. The first-order chi connectivity index (χ1) is 9.72. The number of hydrogen-bond acceptors (Lipinski definition) is 4. The number of aromatic nitrogens is 2. The molecule has 3 heterocycles. The first-order valence-electron chi connectivity index (χ1n) is 6.81. The Kier molecular flexibility index (Phi) is 3.67. The Balaban J connectivity index is 0.00000132. The van der Waals surface area contributed by atoms with Crippen LogP contribution in [0.3, 0.4) is 0 Å². The largest absolute Gasteiger partial charge is 0.354 e. The van der Waals surface area contributed by atoms with Gasteiger partial charge in [-0.25, -0.2) is 18.7 Å². The summed E-state index contributed by atoms with van der Waals surface area (Å²) in [4.78, 5) is 10.6. The third kappa shape index (κ3) is 2.32. The highest BCUT2D eigenvalue weighted by molar-refractivity contribution is 5.85. The van der Waals surface area contributed by atoms with E-state index in [1.165, 1.54) is 12.3 Å². The fourth-order valence-corrected chi connectivity index (χ4v) is 3.00. The van der Waals surface area contributed by atoms with E-state index in [0.29, 0.717) is 11.6 Å². The van der Waals surface area contributed by atoms with Gasteiger partial charge in [-0.1, -0.05) is 0 Å². The zero-order chi connectivity index (χ0) is 13.7. The molecule has 0 bridgehead atoms. The summed E-state index contributed by atoms with van der Waals surface area (Å²) in [6.45, 7) is 2.94. The van der Waals surface area contributed by atoms with E-state index < -0.39 is 11.6 Å². The number of halogens is 3. The van der Waals surface area contributed by atoms with E-state index >= 15 is 0 Å². The number of hydrogen-bond donors (Lipinski definition) is 1. The predicted octanol–water partition coefficient (Wildman–Crippen LogP) is 2.13. The molecule has 0 aliphatic carbocycles. The van der Waals surface area contributed by atoms with Crippen molar-refractivity contribution < 1.29 is 8.78 Å². The number of piperidine rings is 1. The molecule has 4 rings (SSSR count). The Morgan fingerprint density at radius 1 is 1.29 bits per heavy atom. The quantitative estimate of drug-likeness (QED) is 0.876. The minimum atomic E-state index is -0.930. The molecule has 2 fully saturated rings. The number of nitrogens with zero attached hydrogens (tertiary/aromatic N) is 3. The molecule has 21 heavy (non-hydrogen) atoms. The van der Waals surface area contributed by atoms with Gasteiger partial charge in [-0.05, 0) is 31.0 Å². The molecule has 2 aliphatic rings. The van der Waals surface area contributed by atoms with Gasteiger partial charge >= 0.3 is 0 Å². The maximum absolute atomic E-state index is 13.6. The van der Waals surface area contributed by atoms with Crippen LogP contribution in [0.5, 0.6) is 0 Å². The van der Waals surface area contributed by atoms with E-state index in [1.54, 1.807) is 0 Å². The lowest BCUT2D eigenvalue weighted by Crippen LogP contribution is -2.62. The molecule has 2 aliphatic heterocycles. The summed E-state index contributed by atoms with van der Waals surface area (Å²) in [5.74, 6) is -0.318. The Morgan fingerprint density at radius 2 is 2.14 bits per heavy atom. The second-order valence-electron chi connectivity index (χ2n) is 5.47. The Labute approximate surface area is 127 Å². The van der Waals surface area contributed by atoms with Crippen molar-refractivity contribution in [3.63, 3.8) is 0 Å². The van der Waals surface area contributed by atoms with Gasteiger partial charge < -0.3 is 10.2 Å². The van der Waals surface area contributed by atoms with E-state index in [-0.39, 0.29) is 17.9 Å². The lowest BCUT2D eigenvalue weighted by atomic mass is 9.85. The van der Waals surface area contributed by atoms with E-state index in [4.69, 9.17) is 0 Å². The van der Waals surface area contributed by atoms with Crippen LogP contribution in [0.2, 0.25) is 0 Å². The first-order valence-corrected chi connectivity index (χ1v) is 6.81. The third-order valence-corrected chi connectivity index (χ3v) is 4.31. The molecule has 1 aromatic heterocycles. The van der Waals surface area contributed by atoms with Crippen molar-refractivity contribution in [2.45, 2.75) is 12.5 Å². The highest BCUT2D eigenvalue weighted by atomic mass is 35.5. The summed E-state index contributed by atoms with van der Waals surface area (Å²) < 4.78 is 26.7. The van der Waals surface area contributed by atoms with E-state index in [2.05, 4.69) is 20.2 Å². The fourth-order valence-electron chi connectivity index (χ4n) is 3.00. The average molecular weight is 313 g/mol. The smallest absolute Gasteiger partial charge is 0.186 e. The zero-order valence-electron chi connectivity index (χ0n) is 11.2. The average Bonchev–Trinajstić information content (AvgIpc) is 2.44. The predicted molar refractivity (Wildman–Crippen MR) is 78.8 cm³/mol. The minimum absolute atomic E-state index is 0. The number of anilines is 1. The van der Waals surface area contributed by atoms with Gasteiger partial charge in [0, 0.05) is 19.1 Å². The third-order valence-electron chi connectivity index (χ3n) is 4.31. The molecular formula is C14H15ClF2N4. The molecule has 2 aromatic rings. The van der Waals surface area contributed by atoms with Crippen LogP contribution in [-0.4, -0.2) is 35.6 Å². The fraction of sp³-hybridized carbons (Fsp3) is 0.429. The molecule has 0 spiro atoms. The van der Waals surface area contributed by atoms with Crippen LogP contribution < -0.4 is 10.2 Å². The summed E-state index contributed by atoms with van der Waals surface area (Å²) >= 11 is 0. The van der Waals surface area contributed by atoms with E-state index in [0.717, 1.165) is 43.9 Å². The van der Waals surface area contributed by atoms with Gasteiger partial charge in [0.25, 0.3) is 0 Å².